The van der Waals surface area contributed by atoms with Crippen LogP contribution in [-0.2, 0) is 14.3 Å². The van der Waals surface area contributed by atoms with E-state index in [1.165, 1.54) is 18.5 Å². The number of halogens is 2. The van der Waals surface area contributed by atoms with Crippen molar-refractivity contribution >= 4 is 45.6 Å². The summed E-state index contributed by atoms with van der Waals surface area (Å²) in [5.41, 5.74) is 1.67. The minimum atomic E-state index is -0.508. The Morgan fingerprint density at radius 3 is 2.95 bits per heavy atom. The van der Waals surface area contributed by atoms with Crippen LogP contribution in [0.2, 0.25) is 5.02 Å². The molecule has 2 bridgehead atoms. The molecule has 3 aliphatic rings. The van der Waals surface area contributed by atoms with Crippen molar-refractivity contribution in [3.05, 3.63) is 59.7 Å². The zero-order valence-corrected chi connectivity index (χ0v) is 21.3. The van der Waals surface area contributed by atoms with Crippen LogP contribution in [0.15, 0.2) is 48.8 Å². The highest BCUT2D eigenvalue weighted by atomic mass is 35.5. The number of nitrogens with zero attached hydrogens (tertiary/aromatic N) is 3. The summed E-state index contributed by atoms with van der Waals surface area (Å²) in [7, 11) is 0. The predicted octanol–water partition coefficient (Wildman–Crippen LogP) is 4.30. The number of ether oxygens (including phenoxy) is 3. The molecule has 3 fully saturated rings. The standard InChI is InChI=1S/C27H27ClFN5O4/c28-21-8-16(3-4-22(21)29)32-27-20-10-24(25(11-23(20)30-15-31-27)38-18-5-7-36-14-18)33-26(35)2-1-6-34-12-19-9-17(34)13-37-19/h1-4,8,10-11,15,17-19H,5-7,9,12-14H2,(H,33,35)(H,30,31,32)/t17-,18-,19-/m1/s1. The molecule has 198 valence electrons. The Hall–Kier alpha value is -3.31. The summed E-state index contributed by atoms with van der Waals surface area (Å²) in [5, 5.41) is 6.76. The molecule has 1 aromatic heterocycles. The van der Waals surface area contributed by atoms with E-state index in [0.29, 0.717) is 65.7 Å². The van der Waals surface area contributed by atoms with Gasteiger partial charge in [-0.2, -0.15) is 0 Å². The first kappa shape index (κ1) is 25.0. The predicted molar refractivity (Wildman–Crippen MR) is 142 cm³/mol. The third kappa shape index (κ3) is 5.44. The van der Waals surface area contributed by atoms with Crippen LogP contribution in [0.3, 0.4) is 0 Å². The van der Waals surface area contributed by atoms with Gasteiger partial charge in [-0.3, -0.25) is 9.69 Å². The van der Waals surface area contributed by atoms with Crippen LogP contribution in [0, 0.1) is 5.82 Å². The van der Waals surface area contributed by atoms with E-state index >= 15 is 0 Å². The summed E-state index contributed by atoms with van der Waals surface area (Å²) in [6.07, 6.45) is 6.86. The SMILES string of the molecule is O=C(C=CCN1C[C@H]2C[C@@H]1CO2)Nc1cc2c(Nc3ccc(F)c(Cl)c3)ncnc2cc1O[C@@H]1CCOC1. The normalized spacial score (nSPS) is 22.9. The molecular weight excluding hydrogens is 513 g/mol. The number of fused-ring (bicyclic) bond motifs is 3. The van der Waals surface area contributed by atoms with Crippen molar-refractivity contribution in [1.29, 1.82) is 0 Å². The number of benzene rings is 2. The van der Waals surface area contributed by atoms with Crippen molar-refractivity contribution in [2.75, 3.05) is 43.5 Å². The van der Waals surface area contributed by atoms with Gasteiger partial charge in [0.2, 0.25) is 5.91 Å². The van der Waals surface area contributed by atoms with Gasteiger partial charge < -0.3 is 24.8 Å². The molecule has 0 radical (unpaired) electrons. The molecular formula is C27H27ClFN5O4. The van der Waals surface area contributed by atoms with E-state index < -0.39 is 5.82 Å². The molecule has 3 atom stereocenters. The lowest BCUT2D eigenvalue weighted by atomic mass is 10.1. The van der Waals surface area contributed by atoms with Crippen molar-refractivity contribution in [3.8, 4) is 5.75 Å². The maximum Gasteiger partial charge on any atom is 0.248 e. The number of nitrogens with one attached hydrogen (secondary N) is 2. The topological polar surface area (TPSA) is 97.8 Å². The first-order chi connectivity index (χ1) is 18.5. The Morgan fingerprint density at radius 1 is 1.26 bits per heavy atom. The van der Waals surface area contributed by atoms with Gasteiger partial charge in [-0.15, -0.1) is 0 Å². The lowest BCUT2D eigenvalue weighted by Gasteiger charge is -2.25. The summed E-state index contributed by atoms with van der Waals surface area (Å²) in [5.74, 6) is 0.198. The van der Waals surface area contributed by atoms with Crippen LogP contribution in [0.4, 0.5) is 21.6 Å². The molecule has 0 saturated carbocycles. The fourth-order valence-electron chi connectivity index (χ4n) is 5.05. The summed E-state index contributed by atoms with van der Waals surface area (Å²) in [4.78, 5) is 24.0. The van der Waals surface area contributed by atoms with Gasteiger partial charge in [-0.1, -0.05) is 17.7 Å². The molecule has 3 aliphatic heterocycles. The second-order valence-corrected chi connectivity index (χ2v) is 10.0. The van der Waals surface area contributed by atoms with E-state index in [4.69, 9.17) is 25.8 Å². The number of aromatic nitrogens is 2. The van der Waals surface area contributed by atoms with Gasteiger partial charge in [0.05, 0.1) is 42.2 Å². The number of hydrogen-bond acceptors (Lipinski definition) is 8. The second-order valence-electron chi connectivity index (χ2n) is 9.64. The average Bonchev–Trinajstić information content (AvgIpc) is 3.66. The molecule has 0 unspecified atom stereocenters. The fourth-order valence-corrected chi connectivity index (χ4v) is 5.23. The Kier molecular flexibility index (Phi) is 7.12. The second kappa shape index (κ2) is 10.8. The summed E-state index contributed by atoms with van der Waals surface area (Å²) < 4.78 is 30.9. The largest absolute Gasteiger partial charge is 0.486 e. The smallest absolute Gasteiger partial charge is 0.248 e. The van der Waals surface area contributed by atoms with Crippen LogP contribution in [0.1, 0.15) is 12.8 Å². The molecule has 4 heterocycles. The van der Waals surface area contributed by atoms with E-state index in [0.717, 1.165) is 26.0 Å². The zero-order valence-electron chi connectivity index (χ0n) is 20.5. The Balaban J connectivity index is 1.25. The van der Waals surface area contributed by atoms with Gasteiger partial charge in [0, 0.05) is 48.8 Å². The molecule has 1 amide bonds. The number of anilines is 3. The maximum atomic E-state index is 13.6. The van der Waals surface area contributed by atoms with Gasteiger partial charge in [0.25, 0.3) is 0 Å². The number of carbonyl (C=O) groups is 1. The quantitative estimate of drug-likeness (QED) is 0.409. The molecule has 6 rings (SSSR count). The van der Waals surface area contributed by atoms with Gasteiger partial charge in [0.1, 0.15) is 29.8 Å². The molecule has 2 N–H and O–H groups in total. The molecule has 0 aliphatic carbocycles. The van der Waals surface area contributed by atoms with E-state index in [2.05, 4.69) is 25.5 Å². The summed E-state index contributed by atoms with van der Waals surface area (Å²) >= 11 is 5.95. The lowest BCUT2D eigenvalue weighted by molar-refractivity contribution is -0.111. The number of carbonyl (C=O) groups excluding carboxylic acids is 1. The first-order valence-electron chi connectivity index (χ1n) is 12.6. The van der Waals surface area contributed by atoms with E-state index in [-0.39, 0.29) is 17.0 Å². The van der Waals surface area contributed by atoms with Crippen LogP contribution in [-0.4, -0.2) is 71.9 Å². The Bertz CT molecular complexity index is 1380. The highest BCUT2D eigenvalue weighted by Crippen LogP contribution is 2.35. The Labute approximate surface area is 223 Å². The molecule has 3 saturated heterocycles. The number of morpholine rings is 1. The molecule has 9 nitrogen and oxygen atoms in total. The van der Waals surface area contributed by atoms with Crippen molar-refractivity contribution in [1.82, 2.24) is 14.9 Å². The minimum absolute atomic E-state index is 0.00291. The van der Waals surface area contributed by atoms with Crippen molar-refractivity contribution in [2.45, 2.75) is 31.1 Å². The van der Waals surface area contributed by atoms with Crippen molar-refractivity contribution in [2.24, 2.45) is 0 Å². The van der Waals surface area contributed by atoms with E-state index in [1.807, 2.05) is 6.08 Å². The number of likely N-dealkylation sites (tertiary alicyclic amines) is 1. The lowest BCUT2D eigenvalue weighted by Crippen LogP contribution is -2.36. The molecule has 11 heteroatoms. The van der Waals surface area contributed by atoms with Gasteiger partial charge >= 0.3 is 0 Å². The van der Waals surface area contributed by atoms with E-state index in [9.17, 15) is 9.18 Å². The van der Waals surface area contributed by atoms with Crippen molar-refractivity contribution in [3.63, 3.8) is 0 Å². The number of hydrogen-bond donors (Lipinski definition) is 2. The Morgan fingerprint density at radius 2 is 2.18 bits per heavy atom. The summed E-state index contributed by atoms with van der Waals surface area (Å²) in [6.45, 7) is 3.46. The third-order valence-electron chi connectivity index (χ3n) is 6.98. The first-order valence-corrected chi connectivity index (χ1v) is 13.0. The van der Waals surface area contributed by atoms with Crippen LogP contribution in [0.5, 0.6) is 5.75 Å². The number of rotatable bonds is 8. The maximum absolute atomic E-state index is 13.6. The molecule has 0 spiro atoms. The average molecular weight is 540 g/mol. The van der Waals surface area contributed by atoms with Gasteiger partial charge in [-0.05, 0) is 30.7 Å². The molecule has 3 aromatic rings. The fraction of sp³-hybridized carbons (Fsp3) is 0.370. The third-order valence-corrected chi connectivity index (χ3v) is 7.27. The monoisotopic (exact) mass is 539 g/mol. The van der Waals surface area contributed by atoms with Crippen LogP contribution < -0.4 is 15.4 Å². The summed E-state index contributed by atoms with van der Waals surface area (Å²) in [6, 6.07) is 8.31. The van der Waals surface area contributed by atoms with Crippen LogP contribution in [0.25, 0.3) is 10.9 Å². The minimum Gasteiger partial charge on any atom is -0.486 e. The van der Waals surface area contributed by atoms with Crippen molar-refractivity contribution < 1.29 is 23.4 Å². The molecule has 2 aromatic carbocycles. The van der Waals surface area contributed by atoms with E-state index in [1.54, 1.807) is 24.3 Å². The number of amides is 1. The highest BCUT2D eigenvalue weighted by molar-refractivity contribution is 6.31. The van der Waals surface area contributed by atoms with Crippen LogP contribution >= 0.6 is 11.6 Å². The van der Waals surface area contributed by atoms with Gasteiger partial charge in [0.15, 0.2) is 0 Å². The molecule has 38 heavy (non-hydrogen) atoms. The van der Waals surface area contributed by atoms with Gasteiger partial charge in [-0.25, -0.2) is 14.4 Å². The highest BCUT2D eigenvalue weighted by Gasteiger charge is 2.38. The zero-order chi connectivity index (χ0) is 26.1.